The fraction of sp³-hybridized carbons (Fsp3) is 0.571. The molecule has 103 heavy (non-hydrogen) atoms. The van der Waals surface area contributed by atoms with Gasteiger partial charge in [-0.05, 0) is 145 Å². The van der Waals surface area contributed by atoms with Crippen molar-refractivity contribution in [3.63, 3.8) is 0 Å². The van der Waals surface area contributed by atoms with Crippen molar-refractivity contribution in [3.05, 3.63) is 117 Å². The molecule has 0 saturated carbocycles. The summed E-state index contributed by atoms with van der Waals surface area (Å²) in [4.78, 5) is 69.7. The number of carbonyl (C=O) groups is 6. The van der Waals surface area contributed by atoms with Crippen molar-refractivity contribution in [2.24, 2.45) is 5.73 Å². The smallest absolute Gasteiger partial charge is 0.309 e. The van der Waals surface area contributed by atoms with Gasteiger partial charge in [0.1, 0.15) is 50.5 Å². The Morgan fingerprint density at radius 2 is 0.796 bits per heavy atom. The van der Waals surface area contributed by atoms with E-state index >= 15 is 0 Å². The number of hydrogen-bond donors (Lipinski definition) is 9. The average molecular weight is 1650 g/mol. The maximum atomic E-state index is 12.3. The maximum absolute atomic E-state index is 12.3. The molecule has 0 fully saturated rings. The van der Waals surface area contributed by atoms with Crippen LogP contribution in [-0.4, -0.2) is 212 Å². The first-order valence-electron chi connectivity index (χ1n) is 33.3. The number of nitrogens with two attached hydrogens (primary N) is 1. The molecule has 4 atom stereocenters. The first-order valence-corrected chi connectivity index (χ1v) is 37.6. The zero-order valence-electron chi connectivity index (χ0n) is 60.9. The fourth-order valence-electron chi connectivity index (χ4n) is 10.6. The second-order valence-electron chi connectivity index (χ2n) is 26.6. The largest absolute Gasteiger partial charge is 1.00 e. The number of aliphatic carboxylic acids is 2. The molecule has 0 aromatic heterocycles. The molecule has 2 radical (unpaired) electrons. The highest BCUT2D eigenvalue weighted by Crippen LogP contribution is 2.30. The molecule has 0 aliphatic heterocycles. The van der Waals surface area contributed by atoms with E-state index in [4.69, 9.17) is 118 Å². The lowest BCUT2D eigenvalue weighted by atomic mass is 9.91. The van der Waals surface area contributed by atoms with Gasteiger partial charge in [-0.3, -0.25) is 19.2 Å². The van der Waals surface area contributed by atoms with Crippen LogP contribution in [0.4, 0.5) is 22.7 Å². The number of quaternary nitrogens is 4. The second kappa shape index (κ2) is 52.6. The quantitative estimate of drug-likeness (QED) is 0.00715. The number of nitrogens with one attached hydrogen (secondary N) is 2. The molecule has 0 aliphatic carbocycles. The van der Waals surface area contributed by atoms with E-state index in [0.717, 1.165) is 50.2 Å². The van der Waals surface area contributed by atoms with Gasteiger partial charge in [-0.1, -0.05) is 24.3 Å². The summed E-state index contributed by atoms with van der Waals surface area (Å²) in [5.74, 6) is 0.397. The first kappa shape index (κ1) is 102. The van der Waals surface area contributed by atoms with E-state index in [-0.39, 0.29) is 106 Å². The molecule has 0 unspecified atom stereocenters. The molecule has 4 aromatic carbocycles. The van der Waals surface area contributed by atoms with Gasteiger partial charge >= 0.3 is 23.9 Å². The highest BCUT2D eigenvalue weighted by Gasteiger charge is 2.33. The summed E-state index contributed by atoms with van der Waals surface area (Å²) < 4.78 is 9.81. The summed E-state index contributed by atoms with van der Waals surface area (Å²) in [6.45, 7) is 22.3. The Bertz CT molecular complexity index is 3050. The molecular formula is C70H108B2Cl10N8O13+2. The molecule has 4 rings (SSSR count). The van der Waals surface area contributed by atoms with Gasteiger partial charge in [-0.2, -0.15) is 0 Å². The van der Waals surface area contributed by atoms with Gasteiger partial charge in [0.25, 0.3) is 14.8 Å². The van der Waals surface area contributed by atoms with E-state index in [1.807, 2.05) is 136 Å². The Kier molecular flexibility index (Phi) is 51.8. The molecule has 12 N–H and O–H groups in total. The zero-order valence-corrected chi connectivity index (χ0v) is 68.4. The number of esters is 2. The number of hydrogen-bond acceptors (Lipinski definition) is 15. The van der Waals surface area contributed by atoms with Crippen LogP contribution in [-0.2, 0) is 63.9 Å². The third-order valence-corrected chi connectivity index (χ3v) is 17.2. The molecule has 580 valence electrons. The minimum atomic E-state index is -0.919. The van der Waals surface area contributed by atoms with Crippen molar-refractivity contribution in [1.29, 1.82) is 0 Å². The molecule has 4 aromatic rings. The number of carbonyl (C=O) groups excluding carboxylic acids is 4. The summed E-state index contributed by atoms with van der Waals surface area (Å²) in [5, 5.41) is 56.1. The number of carboxylic acid groups (broad SMARTS) is 2. The lowest BCUT2D eigenvalue weighted by Gasteiger charge is -2.29. The number of rotatable bonds is 42. The number of hydroxylamine groups is 6. The molecule has 33 heteroatoms. The standard InChI is InChI=1S/C20H31BCl2N2O4.C20H30BCl2N2O3.2C15H22Cl2N2O3.2ClH/c1-15-5-6-18(25(28,9-7-22)10-8-23)12-16(15)11-17(24-21-14-26)13-19(27)29-20(2,3)4;1-15-5-6-18(25(9-7-22)10-8-23)12-16(15)11-17(24-21-14-26)13-19(27)28-20(2,3)4;2*1-11-2-3-14(19(22,6-4-16)7-5-17)9-12(11)8-13(18)10-15(20)21;;/h5-6,12,14,17,24,28H,7-11,13H2,1-4H3;5-6,12,14,17,24H,7-11,13H2,1-4H3;2*2-3,9,13,22H,4-8,10,18H2,1H3;2*1H/q+1;;;;;/p+1/t2*17-;2*13-;;/m1111../s1. The number of ether oxygens (including phenoxy) is 2. The minimum absolute atomic E-state index is 0. The van der Waals surface area contributed by atoms with Gasteiger partial charge in [-0.25, -0.2) is 15.6 Å². The normalized spacial score (nSPS) is 12.7. The summed E-state index contributed by atoms with van der Waals surface area (Å²) in [6, 6.07) is 21.9. The number of carboxylic acids is 2. The minimum Gasteiger partial charge on any atom is -1.00 e. The van der Waals surface area contributed by atoms with Gasteiger partial charge in [0, 0.05) is 91.5 Å². The van der Waals surface area contributed by atoms with Crippen LogP contribution in [0.15, 0.2) is 72.8 Å². The third-order valence-electron chi connectivity index (χ3n) is 15.9. The van der Waals surface area contributed by atoms with E-state index in [1.165, 1.54) is 14.8 Å². The van der Waals surface area contributed by atoms with Crippen molar-refractivity contribution in [1.82, 2.24) is 24.4 Å². The molecule has 0 aliphatic rings. The Morgan fingerprint density at radius 1 is 0.495 bits per heavy atom. The van der Waals surface area contributed by atoms with Crippen molar-refractivity contribution < 1.29 is 94.6 Å². The lowest BCUT2D eigenvalue weighted by molar-refractivity contribution is -0.418. The zero-order chi connectivity index (χ0) is 76.7. The lowest BCUT2D eigenvalue weighted by Crippen LogP contribution is -3.00. The SMILES string of the molecule is Cc1ccc(N(CCCl)CCCl)cc1C[C@H](CC(=O)OC(C)(C)C)N[B]C=O.Cc1ccc([N+](O)(CCCl)CCCl)cc1C[C@@H](N)CC(=O)O.Cc1ccc([N+](O)(CCCl)CCCl)cc1C[C@@H]([NH3+])CC(=O)O.Cc1ccc([N+](O)(CCCl)CCCl)cc1C[C@H](CC(=O)OC(C)(C)C)N[B]C=O.[Cl-].[Cl-]. The van der Waals surface area contributed by atoms with Crippen molar-refractivity contribution in [2.45, 2.75) is 156 Å². The highest BCUT2D eigenvalue weighted by atomic mass is 35.5. The van der Waals surface area contributed by atoms with Gasteiger partial charge in [0.2, 0.25) is 0 Å². The van der Waals surface area contributed by atoms with E-state index in [2.05, 4.69) is 27.2 Å². The van der Waals surface area contributed by atoms with Crippen LogP contribution in [0, 0.1) is 27.7 Å². The Morgan fingerprint density at radius 3 is 1.09 bits per heavy atom. The van der Waals surface area contributed by atoms with Crippen LogP contribution in [0.25, 0.3) is 0 Å². The third kappa shape index (κ3) is 40.5. The molecule has 0 heterocycles. The van der Waals surface area contributed by atoms with Crippen molar-refractivity contribution in [3.8, 4) is 0 Å². The molecule has 0 bridgehead atoms. The average Bonchev–Trinajstić information content (AvgIpc) is 0.827. The molecule has 0 amide bonds. The monoisotopic (exact) mass is 1640 g/mol. The van der Waals surface area contributed by atoms with Crippen molar-refractivity contribution in [2.75, 3.05) is 104 Å². The van der Waals surface area contributed by atoms with Gasteiger partial charge in [-0.15, -0.1) is 107 Å². The molecule has 0 spiro atoms. The summed E-state index contributed by atoms with van der Waals surface area (Å²) >= 11 is 46.7. The van der Waals surface area contributed by atoms with Gasteiger partial charge < -0.3 is 80.9 Å². The number of nitrogens with zero attached hydrogens (tertiary/aromatic N) is 4. The van der Waals surface area contributed by atoms with Crippen LogP contribution in [0.2, 0.25) is 0 Å². The predicted octanol–water partition coefficient (Wildman–Crippen LogP) is 4.85. The summed E-state index contributed by atoms with van der Waals surface area (Å²) in [5.41, 5.74) is 19.9. The van der Waals surface area contributed by atoms with Gasteiger partial charge in [0.05, 0.1) is 79.4 Å². The van der Waals surface area contributed by atoms with E-state index in [9.17, 15) is 44.4 Å². The molecular weight excluding hydrogens is 1540 g/mol. The van der Waals surface area contributed by atoms with Crippen LogP contribution >= 0.6 is 92.8 Å². The van der Waals surface area contributed by atoms with E-state index in [0.29, 0.717) is 143 Å². The maximum Gasteiger partial charge on any atom is 0.309 e. The second-order valence-corrected chi connectivity index (χ2v) is 29.6. The van der Waals surface area contributed by atoms with E-state index < -0.39 is 29.2 Å². The topological polar surface area (TPSA) is 303 Å². The van der Waals surface area contributed by atoms with Crippen LogP contribution in [0.3, 0.4) is 0 Å². The summed E-state index contributed by atoms with van der Waals surface area (Å²) in [7, 11) is 2.60. The summed E-state index contributed by atoms with van der Waals surface area (Å²) in [6.07, 6.45) is 3.56. The van der Waals surface area contributed by atoms with Crippen LogP contribution < -0.4 is 65.6 Å². The van der Waals surface area contributed by atoms with Crippen LogP contribution in [0.1, 0.15) is 112 Å². The number of halogens is 10. The Hall–Kier alpha value is -3.47. The number of alkyl halides is 8. The first-order chi connectivity index (χ1) is 47.4. The highest BCUT2D eigenvalue weighted by molar-refractivity contribution is 6.64. The van der Waals surface area contributed by atoms with E-state index in [1.54, 1.807) is 0 Å². The van der Waals surface area contributed by atoms with Gasteiger partial charge in [0.15, 0.2) is 17.1 Å². The van der Waals surface area contributed by atoms with Crippen LogP contribution in [0.5, 0.6) is 0 Å². The number of aryl methyl sites for hydroxylation is 4. The number of benzene rings is 4. The molecule has 0 saturated heterocycles. The Labute approximate surface area is 664 Å². The fourth-order valence-corrected chi connectivity index (χ4v) is 12.7. The number of anilines is 1. The predicted molar refractivity (Wildman–Crippen MR) is 416 cm³/mol. The van der Waals surface area contributed by atoms with Crippen molar-refractivity contribution >= 4 is 167 Å². The Balaban J connectivity index is 0. The molecule has 21 nitrogen and oxygen atoms in total.